The second-order valence-electron chi connectivity index (χ2n) is 4.83. The molecule has 3 N–H and O–H groups in total. The van der Waals surface area contributed by atoms with Gasteiger partial charge in [0.15, 0.2) is 18.1 Å². The molecule has 2 amide bonds. The molecule has 0 radical (unpaired) electrons. The second-order valence-corrected chi connectivity index (χ2v) is 4.83. The molecule has 0 aliphatic rings. The van der Waals surface area contributed by atoms with Crippen LogP contribution in [-0.4, -0.2) is 25.5 Å². The molecule has 0 aliphatic carbocycles. The van der Waals surface area contributed by atoms with Gasteiger partial charge in [-0.15, -0.1) is 0 Å². The van der Waals surface area contributed by atoms with E-state index in [9.17, 15) is 9.59 Å². The lowest BCUT2D eigenvalue weighted by Gasteiger charge is -2.14. The Labute approximate surface area is 133 Å². The third-order valence-electron chi connectivity index (χ3n) is 3.11. The van der Waals surface area contributed by atoms with E-state index < -0.39 is 5.91 Å². The van der Waals surface area contributed by atoms with Gasteiger partial charge in [-0.2, -0.15) is 0 Å². The molecule has 1 heterocycles. The van der Waals surface area contributed by atoms with Crippen LogP contribution in [-0.2, 0) is 4.79 Å². The van der Waals surface area contributed by atoms with E-state index in [-0.39, 0.29) is 18.6 Å². The number of furan rings is 1. The van der Waals surface area contributed by atoms with E-state index in [2.05, 4.69) is 5.32 Å². The number of ether oxygens (including phenoxy) is 2. The number of amides is 2. The van der Waals surface area contributed by atoms with Crippen LogP contribution in [0.3, 0.4) is 0 Å². The molecule has 0 saturated heterocycles. The molecule has 0 fully saturated rings. The maximum absolute atomic E-state index is 12.3. The number of hydrogen-bond acceptors (Lipinski definition) is 5. The fourth-order valence-electron chi connectivity index (χ4n) is 1.97. The van der Waals surface area contributed by atoms with E-state index in [0.29, 0.717) is 22.8 Å². The van der Waals surface area contributed by atoms with Gasteiger partial charge in [-0.05, 0) is 37.3 Å². The van der Waals surface area contributed by atoms with Gasteiger partial charge in [-0.3, -0.25) is 9.59 Å². The molecule has 0 unspecified atom stereocenters. The van der Waals surface area contributed by atoms with E-state index in [0.717, 1.165) is 0 Å². The fraction of sp³-hybridized carbons (Fsp3) is 0.250. The van der Waals surface area contributed by atoms with Crippen molar-refractivity contribution in [2.45, 2.75) is 13.0 Å². The van der Waals surface area contributed by atoms with Crippen molar-refractivity contribution in [3.8, 4) is 11.5 Å². The zero-order valence-corrected chi connectivity index (χ0v) is 12.9. The lowest BCUT2D eigenvalue weighted by Crippen LogP contribution is -2.26. The minimum absolute atomic E-state index is 0.266. The Morgan fingerprint density at radius 3 is 2.70 bits per heavy atom. The predicted molar refractivity (Wildman–Crippen MR) is 82.3 cm³/mol. The van der Waals surface area contributed by atoms with Crippen LogP contribution in [0.25, 0.3) is 0 Å². The molecular weight excluding hydrogens is 300 g/mol. The fourth-order valence-corrected chi connectivity index (χ4v) is 1.97. The van der Waals surface area contributed by atoms with Gasteiger partial charge in [-0.25, -0.2) is 0 Å². The first kappa shape index (κ1) is 16.4. The summed E-state index contributed by atoms with van der Waals surface area (Å²) in [7, 11) is 1.44. The third kappa shape index (κ3) is 4.26. The number of hydrogen-bond donors (Lipinski definition) is 2. The Morgan fingerprint density at radius 2 is 2.09 bits per heavy atom. The number of rotatable bonds is 7. The summed E-state index contributed by atoms with van der Waals surface area (Å²) < 4.78 is 15.6. The SMILES string of the molecule is COc1cc(C(=O)N[C@H](C)c2ccco2)ccc1OCC(N)=O. The highest BCUT2D eigenvalue weighted by atomic mass is 16.5. The van der Waals surface area contributed by atoms with Gasteiger partial charge in [-0.1, -0.05) is 0 Å². The minimum Gasteiger partial charge on any atom is -0.493 e. The van der Waals surface area contributed by atoms with E-state index in [1.807, 2.05) is 6.92 Å². The number of methoxy groups -OCH3 is 1. The highest BCUT2D eigenvalue weighted by Crippen LogP contribution is 2.28. The van der Waals surface area contributed by atoms with Crippen molar-refractivity contribution < 1.29 is 23.5 Å². The molecule has 7 heteroatoms. The topological polar surface area (TPSA) is 104 Å². The Balaban J connectivity index is 2.10. The number of carbonyl (C=O) groups is 2. The van der Waals surface area contributed by atoms with Crippen molar-refractivity contribution >= 4 is 11.8 Å². The van der Waals surface area contributed by atoms with Gasteiger partial charge in [0.1, 0.15) is 5.76 Å². The van der Waals surface area contributed by atoms with Crippen molar-refractivity contribution in [2.75, 3.05) is 13.7 Å². The molecule has 0 aliphatic heterocycles. The Bertz CT molecular complexity index is 682. The Hall–Kier alpha value is -2.96. The summed E-state index contributed by atoms with van der Waals surface area (Å²) in [5.41, 5.74) is 5.43. The second kappa shape index (κ2) is 7.35. The average Bonchev–Trinajstić information content (AvgIpc) is 3.07. The average molecular weight is 318 g/mol. The summed E-state index contributed by atoms with van der Waals surface area (Å²) in [5, 5.41) is 2.82. The lowest BCUT2D eigenvalue weighted by molar-refractivity contribution is -0.119. The summed E-state index contributed by atoms with van der Waals surface area (Å²) in [5.74, 6) is 0.452. The molecule has 0 saturated carbocycles. The van der Waals surface area contributed by atoms with E-state index in [1.54, 1.807) is 30.5 Å². The summed E-state index contributed by atoms with van der Waals surface area (Å²) >= 11 is 0. The van der Waals surface area contributed by atoms with Crippen LogP contribution >= 0.6 is 0 Å². The van der Waals surface area contributed by atoms with Gasteiger partial charge in [0.2, 0.25) is 0 Å². The molecule has 23 heavy (non-hydrogen) atoms. The van der Waals surface area contributed by atoms with Gasteiger partial charge in [0.05, 0.1) is 19.4 Å². The summed E-state index contributed by atoms with van der Waals surface area (Å²) in [6.07, 6.45) is 1.55. The maximum Gasteiger partial charge on any atom is 0.255 e. The molecule has 1 aromatic heterocycles. The van der Waals surface area contributed by atoms with Crippen molar-refractivity contribution in [2.24, 2.45) is 5.73 Å². The van der Waals surface area contributed by atoms with Gasteiger partial charge >= 0.3 is 0 Å². The third-order valence-corrected chi connectivity index (χ3v) is 3.11. The zero-order chi connectivity index (χ0) is 16.8. The van der Waals surface area contributed by atoms with Crippen LogP contribution in [0.15, 0.2) is 41.0 Å². The smallest absolute Gasteiger partial charge is 0.255 e. The quantitative estimate of drug-likeness (QED) is 0.807. The Morgan fingerprint density at radius 1 is 1.30 bits per heavy atom. The van der Waals surface area contributed by atoms with E-state index in [1.165, 1.54) is 13.2 Å². The highest BCUT2D eigenvalue weighted by Gasteiger charge is 2.16. The Kier molecular flexibility index (Phi) is 5.24. The first-order chi connectivity index (χ1) is 11.0. The molecule has 122 valence electrons. The molecule has 7 nitrogen and oxygen atoms in total. The molecule has 0 bridgehead atoms. The number of nitrogens with two attached hydrogens (primary N) is 1. The number of primary amides is 1. The van der Waals surface area contributed by atoms with Crippen LogP contribution in [0.1, 0.15) is 29.1 Å². The molecule has 1 aromatic carbocycles. The molecule has 0 spiro atoms. The summed E-state index contributed by atoms with van der Waals surface area (Å²) in [6, 6.07) is 7.92. The van der Waals surface area contributed by atoms with Gasteiger partial charge in [0.25, 0.3) is 11.8 Å². The highest BCUT2D eigenvalue weighted by molar-refractivity contribution is 5.95. The van der Waals surface area contributed by atoms with E-state index >= 15 is 0 Å². The van der Waals surface area contributed by atoms with Crippen LogP contribution in [0.4, 0.5) is 0 Å². The molecule has 1 atom stereocenters. The van der Waals surface area contributed by atoms with Crippen LogP contribution in [0.5, 0.6) is 11.5 Å². The van der Waals surface area contributed by atoms with Crippen molar-refractivity contribution in [3.05, 3.63) is 47.9 Å². The number of carbonyl (C=O) groups excluding carboxylic acids is 2. The first-order valence-corrected chi connectivity index (χ1v) is 6.94. The van der Waals surface area contributed by atoms with Crippen LogP contribution in [0, 0.1) is 0 Å². The van der Waals surface area contributed by atoms with Crippen molar-refractivity contribution in [1.29, 1.82) is 0 Å². The summed E-state index contributed by atoms with van der Waals surface area (Å²) in [6.45, 7) is 1.55. The number of benzene rings is 1. The molecule has 2 rings (SSSR count). The van der Waals surface area contributed by atoms with Crippen molar-refractivity contribution in [1.82, 2.24) is 5.32 Å². The van der Waals surface area contributed by atoms with Gasteiger partial charge < -0.3 is 24.9 Å². The monoisotopic (exact) mass is 318 g/mol. The maximum atomic E-state index is 12.3. The minimum atomic E-state index is -0.596. The van der Waals surface area contributed by atoms with Crippen molar-refractivity contribution in [3.63, 3.8) is 0 Å². The zero-order valence-electron chi connectivity index (χ0n) is 12.9. The largest absolute Gasteiger partial charge is 0.493 e. The molecule has 2 aromatic rings. The summed E-state index contributed by atoms with van der Waals surface area (Å²) in [4.78, 5) is 23.0. The predicted octanol–water partition coefficient (Wildman–Crippen LogP) is 1.64. The normalized spacial score (nSPS) is 11.6. The lowest BCUT2D eigenvalue weighted by atomic mass is 10.1. The van der Waals surface area contributed by atoms with Crippen LogP contribution in [0.2, 0.25) is 0 Å². The van der Waals surface area contributed by atoms with Crippen LogP contribution < -0.4 is 20.5 Å². The van der Waals surface area contributed by atoms with E-state index in [4.69, 9.17) is 19.6 Å². The first-order valence-electron chi connectivity index (χ1n) is 6.94. The molecular formula is C16H18N2O5. The standard InChI is InChI=1S/C16H18N2O5/c1-10(12-4-3-7-22-12)18-16(20)11-5-6-13(14(8-11)21-2)23-9-15(17)19/h3-8,10H,9H2,1-2H3,(H2,17,19)(H,18,20)/t10-/m1/s1. The number of nitrogens with one attached hydrogen (secondary N) is 1. The van der Waals surface area contributed by atoms with Gasteiger partial charge in [0, 0.05) is 5.56 Å².